The number of aromatic hydroxyl groups is 1. The number of nitrogens with zero attached hydrogens (tertiary/aromatic N) is 1. The zero-order valence-electron chi connectivity index (χ0n) is 12.3. The van der Waals surface area contributed by atoms with Gasteiger partial charge in [0.1, 0.15) is 5.75 Å². The maximum absolute atomic E-state index is 9.96. The molecule has 1 aliphatic rings. The molecule has 0 amide bonds. The first-order chi connectivity index (χ1) is 8.79. The summed E-state index contributed by atoms with van der Waals surface area (Å²) in [6.07, 6.45) is 0.567. The molecule has 0 aromatic heterocycles. The second-order valence-corrected chi connectivity index (χ2v) is 6.72. The highest BCUT2D eigenvalue weighted by atomic mass is 16.3. The van der Waals surface area contributed by atoms with Crippen molar-refractivity contribution in [2.24, 2.45) is 11.3 Å². The van der Waals surface area contributed by atoms with Gasteiger partial charge in [-0.1, -0.05) is 26.8 Å². The highest BCUT2D eigenvalue weighted by molar-refractivity contribution is 5.54. The Labute approximate surface area is 115 Å². The Morgan fingerprint density at radius 2 is 2.00 bits per heavy atom. The van der Waals surface area contributed by atoms with Crippen LogP contribution < -0.4 is 4.90 Å². The van der Waals surface area contributed by atoms with Crippen molar-refractivity contribution in [1.82, 2.24) is 0 Å². The van der Waals surface area contributed by atoms with Crippen LogP contribution in [0.5, 0.6) is 5.75 Å². The first-order valence-electron chi connectivity index (χ1n) is 7.05. The van der Waals surface area contributed by atoms with Gasteiger partial charge in [0, 0.05) is 30.4 Å². The van der Waals surface area contributed by atoms with E-state index in [-0.39, 0.29) is 5.75 Å². The quantitative estimate of drug-likeness (QED) is 0.860. The van der Waals surface area contributed by atoms with Crippen molar-refractivity contribution in [3.05, 3.63) is 23.8 Å². The molecule has 19 heavy (non-hydrogen) atoms. The molecular weight excluding hydrogens is 238 g/mol. The van der Waals surface area contributed by atoms with Crippen LogP contribution in [0.3, 0.4) is 0 Å². The van der Waals surface area contributed by atoms with Gasteiger partial charge in [-0.15, -0.1) is 0 Å². The van der Waals surface area contributed by atoms with Crippen LogP contribution in [0.15, 0.2) is 18.2 Å². The maximum atomic E-state index is 9.96. The molecular formula is C16H25NO2. The Morgan fingerprint density at radius 3 is 2.47 bits per heavy atom. The van der Waals surface area contributed by atoms with E-state index in [2.05, 4.69) is 25.7 Å². The van der Waals surface area contributed by atoms with E-state index in [9.17, 15) is 10.2 Å². The van der Waals surface area contributed by atoms with Gasteiger partial charge in [0.15, 0.2) is 0 Å². The third kappa shape index (κ3) is 3.03. The molecule has 0 spiro atoms. The number of benzene rings is 1. The van der Waals surface area contributed by atoms with Crippen molar-refractivity contribution in [3.8, 4) is 5.75 Å². The lowest BCUT2D eigenvalue weighted by Crippen LogP contribution is -2.25. The number of rotatable bonds is 2. The van der Waals surface area contributed by atoms with Crippen LogP contribution in [0.2, 0.25) is 0 Å². The summed E-state index contributed by atoms with van der Waals surface area (Å²) in [5.41, 5.74) is 1.97. The molecule has 1 aromatic rings. The Hall–Kier alpha value is -1.22. The number of phenols is 1. The molecule has 2 N–H and O–H groups in total. The molecule has 106 valence electrons. The zero-order valence-corrected chi connectivity index (χ0v) is 12.3. The number of hydrogen-bond donors (Lipinski definition) is 2. The van der Waals surface area contributed by atoms with Crippen molar-refractivity contribution >= 4 is 5.69 Å². The van der Waals surface area contributed by atoms with E-state index >= 15 is 0 Å². The third-order valence-electron chi connectivity index (χ3n) is 4.24. The maximum Gasteiger partial charge on any atom is 0.123 e. The Bertz CT molecular complexity index is 449. The van der Waals surface area contributed by atoms with E-state index in [0.717, 1.165) is 18.8 Å². The van der Waals surface area contributed by atoms with Crippen molar-refractivity contribution in [2.75, 3.05) is 18.0 Å². The van der Waals surface area contributed by atoms with Gasteiger partial charge in [-0.25, -0.2) is 0 Å². The van der Waals surface area contributed by atoms with E-state index in [1.54, 1.807) is 13.0 Å². The van der Waals surface area contributed by atoms with E-state index < -0.39 is 6.10 Å². The van der Waals surface area contributed by atoms with Gasteiger partial charge in [0.2, 0.25) is 0 Å². The molecule has 3 nitrogen and oxygen atoms in total. The van der Waals surface area contributed by atoms with Crippen LogP contribution in [0.4, 0.5) is 5.69 Å². The predicted molar refractivity (Wildman–Crippen MR) is 78.5 cm³/mol. The lowest BCUT2D eigenvalue weighted by atomic mass is 9.80. The van der Waals surface area contributed by atoms with Crippen LogP contribution in [0.1, 0.15) is 45.8 Å². The Balaban J connectivity index is 2.14. The minimum Gasteiger partial charge on any atom is -0.507 e. The molecule has 3 heteroatoms. The molecule has 1 aliphatic heterocycles. The predicted octanol–water partition coefficient (Wildman–Crippen LogP) is 3.32. The molecule has 0 radical (unpaired) electrons. The summed E-state index contributed by atoms with van der Waals surface area (Å²) < 4.78 is 0. The van der Waals surface area contributed by atoms with Crippen molar-refractivity contribution in [3.63, 3.8) is 0 Å². The topological polar surface area (TPSA) is 43.7 Å². The first kappa shape index (κ1) is 14.2. The molecule has 2 atom stereocenters. The van der Waals surface area contributed by atoms with Crippen LogP contribution in [0.25, 0.3) is 0 Å². The molecule has 1 fully saturated rings. The summed E-state index contributed by atoms with van der Waals surface area (Å²) in [6.45, 7) is 10.6. The van der Waals surface area contributed by atoms with Gasteiger partial charge in [-0.05, 0) is 30.7 Å². The average molecular weight is 263 g/mol. The highest BCUT2D eigenvalue weighted by Gasteiger charge is 2.32. The summed E-state index contributed by atoms with van der Waals surface area (Å²) in [7, 11) is 0. The zero-order chi connectivity index (χ0) is 14.2. The third-order valence-corrected chi connectivity index (χ3v) is 4.24. The van der Waals surface area contributed by atoms with Crippen LogP contribution in [0, 0.1) is 11.3 Å². The summed E-state index contributed by atoms with van der Waals surface area (Å²) in [4.78, 5) is 2.32. The summed E-state index contributed by atoms with van der Waals surface area (Å²) in [5.74, 6) is 0.873. The van der Waals surface area contributed by atoms with E-state index in [1.807, 2.05) is 12.1 Å². The fourth-order valence-corrected chi connectivity index (χ4v) is 2.78. The van der Waals surface area contributed by atoms with E-state index in [1.165, 1.54) is 6.42 Å². The number of aliphatic hydroxyl groups excluding tert-OH is 1. The standard InChI is InChI=1S/C16H25NO2/c1-11(18)14-6-5-13(9-15(14)19)17-8-7-12(10-17)16(2,3)4/h5-6,9,11-12,18-19H,7-8,10H2,1-4H3. The fraction of sp³-hybridized carbons (Fsp3) is 0.625. The van der Waals surface area contributed by atoms with Crippen molar-refractivity contribution in [1.29, 1.82) is 0 Å². The highest BCUT2D eigenvalue weighted by Crippen LogP contribution is 2.37. The fourth-order valence-electron chi connectivity index (χ4n) is 2.78. The smallest absolute Gasteiger partial charge is 0.123 e. The second kappa shape index (κ2) is 5.04. The molecule has 1 heterocycles. The molecule has 0 aliphatic carbocycles. The monoisotopic (exact) mass is 263 g/mol. The van der Waals surface area contributed by atoms with Crippen molar-refractivity contribution < 1.29 is 10.2 Å². The van der Waals surface area contributed by atoms with E-state index in [0.29, 0.717) is 16.9 Å². The lowest BCUT2D eigenvalue weighted by Gasteiger charge is -2.27. The normalized spacial score (nSPS) is 21.7. The summed E-state index contributed by atoms with van der Waals surface area (Å²) >= 11 is 0. The van der Waals surface area contributed by atoms with E-state index in [4.69, 9.17) is 0 Å². The second-order valence-electron chi connectivity index (χ2n) is 6.72. The number of anilines is 1. The van der Waals surface area contributed by atoms with Crippen LogP contribution >= 0.6 is 0 Å². The number of aliphatic hydroxyl groups is 1. The number of hydrogen-bond acceptors (Lipinski definition) is 3. The average Bonchev–Trinajstić information content (AvgIpc) is 2.76. The molecule has 1 aromatic carbocycles. The Kier molecular flexibility index (Phi) is 3.77. The minimum absolute atomic E-state index is 0.187. The van der Waals surface area contributed by atoms with Crippen LogP contribution in [-0.4, -0.2) is 23.3 Å². The van der Waals surface area contributed by atoms with Gasteiger partial charge >= 0.3 is 0 Å². The van der Waals surface area contributed by atoms with Gasteiger partial charge in [-0.2, -0.15) is 0 Å². The first-order valence-corrected chi connectivity index (χ1v) is 7.05. The summed E-state index contributed by atoms with van der Waals surface area (Å²) in [5, 5.41) is 19.5. The van der Waals surface area contributed by atoms with Gasteiger partial charge < -0.3 is 15.1 Å². The van der Waals surface area contributed by atoms with Gasteiger partial charge in [-0.3, -0.25) is 0 Å². The van der Waals surface area contributed by atoms with Crippen LogP contribution in [-0.2, 0) is 0 Å². The number of phenolic OH excluding ortho intramolecular Hbond substituents is 1. The minimum atomic E-state index is -0.630. The Morgan fingerprint density at radius 1 is 1.32 bits per heavy atom. The van der Waals surface area contributed by atoms with Gasteiger partial charge in [0.05, 0.1) is 6.10 Å². The van der Waals surface area contributed by atoms with Gasteiger partial charge in [0.25, 0.3) is 0 Å². The molecule has 0 saturated carbocycles. The molecule has 2 rings (SSSR count). The largest absolute Gasteiger partial charge is 0.507 e. The SMILES string of the molecule is CC(O)c1ccc(N2CCC(C(C)(C)C)C2)cc1O. The molecule has 0 bridgehead atoms. The molecule has 2 unspecified atom stereocenters. The summed E-state index contributed by atoms with van der Waals surface area (Å²) in [6, 6.07) is 5.58. The molecule has 1 saturated heterocycles. The van der Waals surface area contributed by atoms with Crippen molar-refractivity contribution in [2.45, 2.75) is 40.2 Å². The lowest BCUT2D eigenvalue weighted by molar-refractivity contribution is 0.195.